The lowest BCUT2D eigenvalue weighted by Gasteiger charge is -2.32. The van der Waals surface area contributed by atoms with E-state index in [0.29, 0.717) is 0 Å². The zero-order valence-corrected chi connectivity index (χ0v) is 15.7. The summed E-state index contributed by atoms with van der Waals surface area (Å²) in [5.74, 6) is 0.740. The number of rotatable bonds is 10. The highest BCUT2D eigenvalue weighted by Gasteiger charge is 2.15. The average Bonchev–Trinajstić information content (AvgIpc) is 2.81. The van der Waals surface area contributed by atoms with Crippen LogP contribution in [0.3, 0.4) is 0 Å². The summed E-state index contributed by atoms with van der Waals surface area (Å²) in [4.78, 5) is 4.05. The van der Waals surface area contributed by atoms with Crippen molar-refractivity contribution in [1.29, 1.82) is 0 Å². The maximum absolute atomic E-state index is 3.57. The van der Waals surface area contributed by atoms with E-state index >= 15 is 0 Å². The Morgan fingerprint density at radius 3 is 2.50 bits per heavy atom. The van der Waals surface area contributed by atoms with Gasteiger partial charge in [0.1, 0.15) is 0 Å². The topological polar surface area (TPSA) is 15.3 Å². The van der Waals surface area contributed by atoms with Crippen molar-refractivity contribution in [2.24, 2.45) is 5.92 Å². The van der Waals surface area contributed by atoms with Crippen LogP contribution in [0.2, 0.25) is 0 Å². The number of halogens is 1. The minimum atomic E-state index is 0.732. The Morgan fingerprint density at radius 1 is 1.30 bits per heavy atom. The summed E-state index contributed by atoms with van der Waals surface area (Å²) >= 11 is 5.31. The molecular formula is C16H29BrN2S. The lowest BCUT2D eigenvalue weighted by molar-refractivity contribution is 0.166. The van der Waals surface area contributed by atoms with E-state index in [1.807, 2.05) is 11.3 Å². The lowest BCUT2D eigenvalue weighted by Crippen LogP contribution is -2.41. The van der Waals surface area contributed by atoms with Gasteiger partial charge in [-0.1, -0.05) is 27.7 Å². The monoisotopic (exact) mass is 360 g/mol. The van der Waals surface area contributed by atoms with Crippen molar-refractivity contribution < 1.29 is 0 Å². The molecule has 0 radical (unpaired) electrons. The maximum atomic E-state index is 3.57. The van der Waals surface area contributed by atoms with E-state index in [9.17, 15) is 0 Å². The molecule has 0 amide bonds. The highest BCUT2D eigenvalue weighted by molar-refractivity contribution is 9.10. The smallest absolute Gasteiger partial charge is 0.0300 e. The third-order valence-corrected chi connectivity index (χ3v) is 5.25. The highest BCUT2D eigenvalue weighted by Crippen LogP contribution is 2.19. The molecule has 116 valence electrons. The van der Waals surface area contributed by atoms with Crippen LogP contribution in [-0.2, 0) is 6.54 Å². The van der Waals surface area contributed by atoms with Crippen LogP contribution in [0.4, 0.5) is 0 Å². The van der Waals surface area contributed by atoms with E-state index in [-0.39, 0.29) is 0 Å². The number of nitrogens with one attached hydrogen (secondary N) is 1. The number of hydrogen-bond acceptors (Lipinski definition) is 3. The van der Waals surface area contributed by atoms with Crippen LogP contribution in [0.15, 0.2) is 15.9 Å². The molecule has 1 aromatic heterocycles. The van der Waals surface area contributed by atoms with Crippen LogP contribution in [-0.4, -0.2) is 30.6 Å². The molecule has 1 rings (SSSR count). The average molecular weight is 361 g/mol. The molecule has 1 heterocycles. The van der Waals surface area contributed by atoms with Crippen LogP contribution < -0.4 is 5.32 Å². The summed E-state index contributed by atoms with van der Waals surface area (Å²) < 4.78 is 1.19. The first-order valence-electron chi connectivity index (χ1n) is 7.74. The second kappa shape index (κ2) is 9.93. The number of nitrogens with zero attached hydrogens (tertiary/aromatic N) is 1. The summed E-state index contributed by atoms with van der Waals surface area (Å²) in [7, 11) is 0. The molecule has 20 heavy (non-hydrogen) atoms. The van der Waals surface area contributed by atoms with E-state index in [1.54, 1.807) is 0 Å². The van der Waals surface area contributed by atoms with Gasteiger partial charge in [0.15, 0.2) is 0 Å². The first-order valence-corrected chi connectivity index (χ1v) is 9.41. The predicted molar refractivity (Wildman–Crippen MR) is 94.5 cm³/mol. The highest BCUT2D eigenvalue weighted by atomic mass is 79.9. The number of hydrogen-bond donors (Lipinski definition) is 1. The van der Waals surface area contributed by atoms with E-state index < -0.39 is 0 Å². The zero-order chi connectivity index (χ0) is 15.0. The molecule has 1 aromatic rings. The van der Waals surface area contributed by atoms with Gasteiger partial charge in [-0.2, -0.15) is 0 Å². The molecule has 0 aliphatic rings. The van der Waals surface area contributed by atoms with Gasteiger partial charge < -0.3 is 5.32 Å². The molecule has 0 aliphatic carbocycles. The van der Waals surface area contributed by atoms with Gasteiger partial charge >= 0.3 is 0 Å². The normalized spacial score (nSPS) is 12.0. The van der Waals surface area contributed by atoms with Crippen LogP contribution in [0.5, 0.6) is 0 Å². The van der Waals surface area contributed by atoms with Gasteiger partial charge in [0.05, 0.1) is 0 Å². The fraction of sp³-hybridized carbons (Fsp3) is 0.750. The van der Waals surface area contributed by atoms with Crippen molar-refractivity contribution in [2.45, 2.75) is 53.1 Å². The Bertz CT molecular complexity index is 361. The summed E-state index contributed by atoms with van der Waals surface area (Å²) in [6, 6.07) is 2.93. The molecular weight excluding hydrogens is 332 g/mol. The van der Waals surface area contributed by atoms with Gasteiger partial charge in [0.25, 0.3) is 0 Å². The van der Waals surface area contributed by atoms with Crippen molar-refractivity contribution >= 4 is 27.3 Å². The van der Waals surface area contributed by atoms with Crippen LogP contribution in [0.1, 0.15) is 45.4 Å². The molecule has 0 bridgehead atoms. The van der Waals surface area contributed by atoms with Crippen molar-refractivity contribution in [2.75, 3.05) is 19.6 Å². The molecule has 0 spiro atoms. The zero-order valence-electron chi connectivity index (χ0n) is 13.3. The Hall–Kier alpha value is 0.1000. The largest absolute Gasteiger partial charge is 0.311 e. The third kappa shape index (κ3) is 6.70. The fourth-order valence-corrected chi connectivity index (χ4v) is 4.00. The van der Waals surface area contributed by atoms with Gasteiger partial charge in [0, 0.05) is 47.0 Å². The lowest BCUT2D eigenvalue weighted by atomic mass is 10.1. The van der Waals surface area contributed by atoms with Crippen LogP contribution in [0, 0.1) is 5.92 Å². The van der Waals surface area contributed by atoms with Gasteiger partial charge in [-0.25, -0.2) is 0 Å². The van der Waals surface area contributed by atoms with Crippen LogP contribution >= 0.6 is 27.3 Å². The van der Waals surface area contributed by atoms with Crippen LogP contribution in [0.25, 0.3) is 0 Å². The Morgan fingerprint density at radius 2 is 2.00 bits per heavy atom. The van der Waals surface area contributed by atoms with E-state index in [1.165, 1.54) is 28.7 Å². The second-order valence-corrected chi connectivity index (χ2v) is 7.68. The standard InChI is InChI=1S/C16H29BrN2S/c1-5-15(6-2)19(11-13(3)4)8-7-18-10-16-9-14(17)12-20-16/h9,12-13,15,18H,5-8,10-11H2,1-4H3. The molecule has 0 unspecified atom stereocenters. The molecule has 2 nitrogen and oxygen atoms in total. The molecule has 0 saturated carbocycles. The van der Waals surface area contributed by atoms with Gasteiger partial charge in [-0.3, -0.25) is 4.90 Å². The second-order valence-electron chi connectivity index (χ2n) is 5.77. The minimum absolute atomic E-state index is 0.732. The maximum Gasteiger partial charge on any atom is 0.0300 e. The Balaban J connectivity index is 2.33. The SMILES string of the molecule is CCC(CC)N(CCNCc1cc(Br)cs1)CC(C)C. The molecule has 1 N–H and O–H groups in total. The minimum Gasteiger partial charge on any atom is -0.311 e. The predicted octanol–water partition coefficient (Wildman–Crippen LogP) is 4.75. The van der Waals surface area contributed by atoms with Crippen molar-refractivity contribution in [3.05, 3.63) is 20.8 Å². The third-order valence-electron chi connectivity index (χ3n) is 3.56. The van der Waals surface area contributed by atoms with Crippen molar-refractivity contribution in [3.63, 3.8) is 0 Å². The molecule has 0 atom stereocenters. The van der Waals surface area contributed by atoms with Gasteiger partial charge in [-0.05, 0) is 40.8 Å². The fourth-order valence-electron chi connectivity index (χ4n) is 2.58. The summed E-state index contributed by atoms with van der Waals surface area (Å²) in [6.45, 7) is 13.6. The summed E-state index contributed by atoms with van der Waals surface area (Å²) in [5.41, 5.74) is 0. The molecule has 0 fully saturated rings. The quantitative estimate of drug-likeness (QED) is 0.605. The molecule has 0 aliphatic heterocycles. The van der Waals surface area contributed by atoms with Gasteiger partial charge in [-0.15, -0.1) is 11.3 Å². The van der Waals surface area contributed by atoms with E-state index in [2.05, 4.69) is 65.3 Å². The van der Waals surface area contributed by atoms with Gasteiger partial charge in [0.2, 0.25) is 0 Å². The molecule has 0 saturated heterocycles. The summed E-state index contributed by atoms with van der Waals surface area (Å²) in [6.07, 6.45) is 2.50. The van der Waals surface area contributed by atoms with E-state index in [4.69, 9.17) is 0 Å². The van der Waals surface area contributed by atoms with E-state index in [0.717, 1.165) is 31.6 Å². The Labute approximate surface area is 137 Å². The molecule has 0 aromatic carbocycles. The van der Waals surface area contributed by atoms with Crippen molar-refractivity contribution in [3.8, 4) is 0 Å². The summed E-state index contributed by atoms with van der Waals surface area (Å²) in [5, 5.41) is 5.71. The number of thiophene rings is 1. The van der Waals surface area contributed by atoms with Crippen molar-refractivity contribution in [1.82, 2.24) is 10.2 Å². The first kappa shape index (κ1) is 18.1. The molecule has 4 heteroatoms. The first-order chi connectivity index (χ1) is 9.56. The Kier molecular flexibility index (Phi) is 9.01.